The minimum atomic E-state index is -1.08. The van der Waals surface area contributed by atoms with Crippen molar-refractivity contribution in [2.24, 2.45) is 0 Å². The lowest BCUT2D eigenvalue weighted by Crippen LogP contribution is -2.68. The molecule has 0 N–H and O–H groups in total. The number of ether oxygens (including phenoxy) is 21. The van der Waals surface area contributed by atoms with Crippen LogP contribution in [0.3, 0.4) is 0 Å². The Kier molecular flexibility index (Phi) is 25.1. The van der Waals surface area contributed by atoms with Gasteiger partial charge in [-0.05, 0) is 0 Å². The van der Waals surface area contributed by atoms with Gasteiger partial charge in [-0.3, -0.25) is 0 Å². The Labute approximate surface area is 355 Å². The number of hydrogen-bond donors (Lipinski definition) is 0. The second-order valence-electron chi connectivity index (χ2n) is 14.4. The van der Waals surface area contributed by atoms with Crippen molar-refractivity contribution in [2.45, 2.75) is 117 Å². The third-order valence-electron chi connectivity index (χ3n) is 11.1. The molecule has 21 heteroatoms. The van der Waals surface area contributed by atoms with Crippen molar-refractivity contribution >= 4 is 0 Å². The van der Waals surface area contributed by atoms with E-state index in [1.807, 2.05) is 0 Å². The van der Waals surface area contributed by atoms with Crippen LogP contribution in [0.2, 0.25) is 0 Å². The van der Waals surface area contributed by atoms with E-state index in [1.54, 1.807) is 85.3 Å². The smallest absolute Gasteiger partial charge is 0.187 e. The summed E-state index contributed by atoms with van der Waals surface area (Å²) in [7, 11) is 23.3. The first kappa shape index (κ1) is 53.5. The highest BCUT2D eigenvalue weighted by Gasteiger charge is 2.57. The van der Waals surface area contributed by atoms with Gasteiger partial charge in [-0.15, -0.1) is 0 Å². The van der Waals surface area contributed by atoms with E-state index in [0.717, 1.165) is 0 Å². The lowest BCUT2D eigenvalue weighted by Gasteiger charge is -2.51. The molecule has 3 aliphatic heterocycles. The Morgan fingerprint density at radius 1 is 0.333 bits per heavy atom. The average molecular weight is 879 g/mol. The van der Waals surface area contributed by atoms with Crippen molar-refractivity contribution in [2.75, 3.05) is 140 Å². The van der Waals surface area contributed by atoms with Crippen LogP contribution in [0.1, 0.15) is 0 Å². The average Bonchev–Trinajstić information content (AvgIpc) is 3.25. The third kappa shape index (κ3) is 12.9. The molecule has 0 aromatic carbocycles. The van der Waals surface area contributed by atoms with Crippen LogP contribution in [0, 0.1) is 0 Å². The van der Waals surface area contributed by atoms with Gasteiger partial charge < -0.3 is 99.5 Å². The van der Waals surface area contributed by atoms with Crippen LogP contribution >= 0.6 is 0 Å². The maximum atomic E-state index is 6.84. The van der Waals surface area contributed by atoms with Crippen LogP contribution in [0.4, 0.5) is 0 Å². The summed E-state index contributed by atoms with van der Waals surface area (Å²) in [5, 5.41) is 0. The Morgan fingerprint density at radius 2 is 0.667 bits per heavy atom. The molecule has 356 valence electrons. The summed E-state index contributed by atoms with van der Waals surface area (Å²) in [6.07, 6.45) is -14.8. The quantitative estimate of drug-likeness (QED) is 0.0950. The molecule has 0 aromatic heterocycles. The lowest BCUT2D eigenvalue weighted by molar-refractivity contribution is -0.390. The zero-order chi connectivity index (χ0) is 44.4. The summed E-state index contributed by atoms with van der Waals surface area (Å²) in [6, 6.07) is 0. The van der Waals surface area contributed by atoms with Crippen molar-refractivity contribution in [3.63, 3.8) is 0 Å². The standard InChI is InChI=1S/C39H74O21/c1-40-16-21(45-6)26(47-8)28(22(46-7)17-41-2)58-38-35(53-14)32(50-11)30(24(56-38)19-43-4)60-39-36(54-15)33(51-12)29(25(57-39)20-44-5)59-37-34(52-13)31(49-10)27(48-9)23(55-37)18-42-3/h21-39H,16-20H2,1-15H3. The normalized spacial score (nSPS) is 37.1. The van der Waals surface area contributed by atoms with Gasteiger partial charge in [0.15, 0.2) is 18.9 Å². The highest BCUT2D eigenvalue weighted by Crippen LogP contribution is 2.37. The zero-order valence-electron chi connectivity index (χ0n) is 38.1. The van der Waals surface area contributed by atoms with E-state index in [0.29, 0.717) is 0 Å². The van der Waals surface area contributed by atoms with Crippen molar-refractivity contribution < 1.29 is 99.5 Å². The Bertz CT molecular complexity index is 1110. The molecule has 0 bridgehead atoms. The zero-order valence-corrected chi connectivity index (χ0v) is 38.1. The Morgan fingerprint density at radius 3 is 1.00 bits per heavy atom. The maximum absolute atomic E-state index is 6.84. The van der Waals surface area contributed by atoms with E-state index >= 15 is 0 Å². The van der Waals surface area contributed by atoms with E-state index in [2.05, 4.69) is 0 Å². The summed E-state index contributed by atoms with van der Waals surface area (Å²) in [5.41, 5.74) is 0. The minimum Gasteiger partial charge on any atom is -0.382 e. The van der Waals surface area contributed by atoms with Crippen molar-refractivity contribution in [3.05, 3.63) is 0 Å². The first-order valence-corrected chi connectivity index (χ1v) is 19.8. The first-order chi connectivity index (χ1) is 29.1. The van der Waals surface area contributed by atoms with Crippen LogP contribution in [0.5, 0.6) is 0 Å². The van der Waals surface area contributed by atoms with Gasteiger partial charge in [0.1, 0.15) is 97.7 Å². The van der Waals surface area contributed by atoms with Crippen LogP contribution in [0.25, 0.3) is 0 Å². The van der Waals surface area contributed by atoms with Crippen molar-refractivity contribution in [1.29, 1.82) is 0 Å². The molecule has 0 aliphatic carbocycles. The summed E-state index contributed by atoms with van der Waals surface area (Å²) >= 11 is 0. The predicted octanol–water partition coefficient (Wildman–Crippen LogP) is -0.301. The topological polar surface area (TPSA) is 194 Å². The summed E-state index contributed by atoms with van der Waals surface area (Å²) in [6.45, 7) is 0.706. The van der Waals surface area contributed by atoms with Gasteiger partial charge in [0.05, 0.1) is 33.0 Å². The highest BCUT2D eigenvalue weighted by atomic mass is 16.8. The molecule has 3 fully saturated rings. The molecule has 3 heterocycles. The fraction of sp³-hybridized carbons (Fsp3) is 1.00. The maximum Gasteiger partial charge on any atom is 0.187 e. The van der Waals surface area contributed by atoms with E-state index in [1.165, 1.54) is 21.3 Å². The molecule has 0 amide bonds. The van der Waals surface area contributed by atoms with Gasteiger partial charge in [0.2, 0.25) is 0 Å². The minimum absolute atomic E-state index is 0.0594. The lowest BCUT2D eigenvalue weighted by atomic mass is 9.95. The van der Waals surface area contributed by atoms with Gasteiger partial charge in [-0.1, -0.05) is 0 Å². The van der Waals surface area contributed by atoms with E-state index in [9.17, 15) is 0 Å². The van der Waals surface area contributed by atoms with Gasteiger partial charge in [-0.2, -0.15) is 0 Å². The summed E-state index contributed by atoms with van der Waals surface area (Å²) in [5.74, 6) is 0. The predicted molar refractivity (Wildman–Crippen MR) is 208 cm³/mol. The van der Waals surface area contributed by atoms with Crippen LogP contribution in [0.15, 0.2) is 0 Å². The molecule has 60 heavy (non-hydrogen) atoms. The largest absolute Gasteiger partial charge is 0.382 e. The van der Waals surface area contributed by atoms with Crippen molar-refractivity contribution in [3.8, 4) is 0 Å². The third-order valence-corrected chi connectivity index (χ3v) is 11.1. The van der Waals surface area contributed by atoms with E-state index < -0.39 is 117 Å². The second-order valence-corrected chi connectivity index (χ2v) is 14.4. The fourth-order valence-electron chi connectivity index (χ4n) is 8.28. The molecule has 19 atom stereocenters. The number of hydrogen-bond acceptors (Lipinski definition) is 21. The van der Waals surface area contributed by atoms with E-state index in [4.69, 9.17) is 99.5 Å². The number of methoxy groups -OCH3 is 15. The molecule has 0 saturated carbocycles. The highest BCUT2D eigenvalue weighted by molar-refractivity contribution is 4.99. The molecular weight excluding hydrogens is 804 g/mol. The molecule has 0 radical (unpaired) electrons. The van der Waals surface area contributed by atoms with E-state index in [-0.39, 0.29) is 33.0 Å². The summed E-state index contributed by atoms with van der Waals surface area (Å²) < 4.78 is 127. The number of rotatable bonds is 29. The molecule has 3 aliphatic rings. The van der Waals surface area contributed by atoms with Crippen LogP contribution in [-0.4, -0.2) is 256 Å². The van der Waals surface area contributed by atoms with Crippen molar-refractivity contribution in [1.82, 2.24) is 0 Å². The van der Waals surface area contributed by atoms with Crippen LogP contribution in [-0.2, 0) is 99.5 Å². The van der Waals surface area contributed by atoms with Gasteiger partial charge in [0.25, 0.3) is 0 Å². The molecular formula is C39H74O21. The molecule has 0 spiro atoms. The van der Waals surface area contributed by atoms with Gasteiger partial charge >= 0.3 is 0 Å². The van der Waals surface area contributed by atoms with Gasteiger partial charge in [-0.25, -0.2) is 0 Å². The Hall–Kier alpha value is -0.840. The Balaban J connectivity index is 1.99. The summed E-state index contributed by atoms with van der Waals surface area (Å²) in [4.78, 5) is 0. The molecule has 3 rings (SSSR count). The first-order valence-electron chi connectivity index (χ1n) is 19.8. The fourth-order valence-corrected chi connectivity index (χ4v) is 8.28. The van der Waals surface area contributed by atoms with Crippen LogP contribution < -0.4 is 0 Å². The van der Waals surface area contributed by atoms with Gasteiger partial charge in [0, 0.05) is 107 Å². The SMILES string of the molecule is COCC(OC)C(OC)C(OC1OC(COC)C(OC2OC(COC)C(OC3OC(COC)C(OC)C(OC)C3OC)C(OC)C2OC)C(OC)C1OC)C(COC)OC. The molecule has 0 aromatic rings. The molecule has 21 nitrogen and oxygen atoms in total. The molecule has 3 saturated heterocycles. The second kappa shape index (κ2) is 28.2. The molecule has 19 unspecified atom stereocenters. The monoisotopic (exact) mass is 878 g/mol.